The highest BCUT2D eigenvalue weighted by Crippen LogP contribution is 2.25. The molecule has 0 aliphatic rings. The minimum Gasteiger partial charge on any atom is -0.285 e. The van der Waals surface area contributed by atoms with Gasteiger partial charge in [-0.15, -0.1) is 0 Å². The zero-order valence-electron chi connectivity index (χ0n) is 12.4. The first kappa shape index (κ1) is 14.8. The molecule has 0 radical (unpaired) electrons. The number of aryl methyl sites for hydroxylation is 3. The minimum atomic E-state index is 0.0591. The first-order chi connectivity index (χ1) is 9.49. The number of halogens is 1. The molecular formula is C18H20ClN. The summed E-state index contributed by atoms with van der Waals surface area (Å²) in [4.78, 5) is 4.67. The molecule has 1 nitrogen and oxygen atoms in total. The van der Waals surface area contributed by atoms with Gasteiger partial charge in [0.15, 0.2) is 0 Å². The Morgan fingerprint density at radius 1 is 1.05 bits per heavy atom. The Morgan fingerprint density at radius 3 is 2.25 bits per heavy atom. The van der Waals surface area contributed by atoms with Crippen LogP contribution in [-0.4, -0.2) is 6.21 Å². The number of hydrogen-bond donors (Lipinski definition) is 0. The van der Waals surface area contributed by atoms with Crippen molar-refractivity contribution < 1.29 is 0 Å². The highest BCUT2D eigenvalue weighted by molar-refractivity contribution is 6.31. The van der Waals surface area contributed by atoms with Gasteiger partial charge in [-0.05, 0) is 56.0 Å². The Kier molecular flexibility index (Phi) is 4.61. The standard InChI is InChI=1S/C18H20ClN/c1-12-9-13(2)17(14(3)10-12)11-20-15(4)16-7-5-6-8-18(16)19/h5-11,15H,1-4H3. The van der Waals surface area contributed by atoms with Crippen molar-refractivity contribution in [3.63, 3.8) is 0 Å². The van der Waals surface area contributed by atoms with Crippen LogP contribution in [0.2, 0.25) is 5.02 Å². The third kappa shape index (κ3) is 3.29. The van der Waals surface area contributed by atoms with Gasteiger partial charge in [0.2, 0.25) is 0 Å². The van der Waals surface area contributed by atoms with E-state index in [1.165, 1.54) is 22.3 Å². The predicted octanol–water partition coefficient (Wildman–Crippen LogP) is 5.45. The quantitative estimate of drug-likeness (QED) is 0.665. The number of hydrogen-bond acceptors (Lipinski definition) is 1. The normalized spacial score (nSPS) is 12.8. The van der Waals surface area contributed by atoms with E-state index in [4.69, 9.17) is 11.6 Å². The van der Waals surface area contributed by atoms with Crippen LogP contribution in [0, 0.1) is 20.8 Å². The molecule has 0 fully saturated rings. The Hall–Kier alpha value is -1.60. The van der Waals surface area contributed by atoms with Gasteiger partial charge in [-0.3, -0.25) is 4.99 Å². The average Bonchev–Trinajstić information content (AvgIpc) is 2.37. The van der Waals surface area contributed by atoms with Gasteiger partial charge in [0.1, 0.15) is 0 Å². The van der Waals surface area contributed by atoms with E-state index in [1.54, 1.807) is 0 Å². The fraction of sp³-hybridized carbons (Fsp3) is 0.278. The summed E-state index contributed by atoms with van der Waals surface area (Å²) < 4.78 is 0. The van der Waals surface area contributed by atoms with Crippen LogP contribution in [0.15, 0.2) is 41.4 Å². The molecule has 0 heterocycles. The Morgan fingerprint density at radius 2 is 1.65 bits per heavy atom. The monoisotopic (exact) mass is 285 g/mol. The zero-order chi connectivity index (χ0) is 14.7. The second-order valence-electron chi connectivity index (χ2n) is 5.29. The highest BCUT2D eigenvalue weighted by atomic mass is 35.5. The number of nitrogens with zero attached hydrogens (tertiary/aromatic N) is 1. The second kappa shape index (κ2) is 6.23. The van der Waals surface area contributed by atoms with Gasteiger partial charge >= 0.3 is 0 Å². The molecule has 2 rings (SSSR count). The van der Waals surface area contributed by atoms with Crippen molar-refractivity contribution >= 4 is 17.8 Å². The van der Waals surface area contributed by atoms with E-state index in [0.717, 1.165) is 10.6 Å². The summed E-state index contributed by atoms with van der Waals surface area (Å²) >= 11 is 6.21. The van der Waals surface area contributed by atoms with Crippen LogP contribution in [0.3, 0.4) is 0 Å². The molecule has 2 heteroatoms. The Labute approximate surface area is 126 Å². The van der Waals surface area contributed by atoms with Gasteiger partial charge in [0.05, 0.1) is 6.04 Å². The fourth-order valence-electron chi connectivity index (χ4n) is 2.48. The van der Waals surface area contributed by atoms with Crippen LogP contribution in [0.1, 0.15) is 40.8 Å². The molecule has 0 bridgehead atoms. The molecule has 2 aromatic rings. The lowest BCUT2D eigenvalue weighted by molar-refractivity contribution is 0.825. The lowest BCUT2D eigenvalue weighted by Gasteiger charge is -2.10. The molecule has 0 spiro atoms. The largest absolute Gasteiger partial charge is 0.285 e. The van der Waals surface area contributed by atoms with E-state index in [2.05, 4.69) is 44.8 Å². The third-order valence-electron chi connectivity index (χ3n) is 3.52. The van der Waals surface area contributed by atoms with Gasteiger partial charge < -0.3 is 0 Å². The Balaban J connectivity index is 2.28. The van der Waals surface area contributed by atoms with E-state index in [0.29, 0.717) is 0 Å². The van der Waals surface area contributed by atoms with Gasteiger partial charge in [-0.25, -0.2) is 0 Å². The molecule has 0 saturated carbocycles. The smallest absolute Gasteiger partial charge is 0.0735 e. The van der Waals surface area contributed by atoms with E-state index in [-0.39, 0.29) is 6.04 Å². The summed E-state index contributed by atoms with van der Waals surface area (Å²) in [6.45, 7) is 8.44. The molecule has 2 aromatic carbocycles. The molecule has 1 unspecified atom stereocenters. The van der Waals surface area contributed by atoms with Gasteiger partial charge in [-0.2, -0.15) is 0 Å². The van der Waals surface area contributed by atoms with Gasteiger partial charge in [0.25, 0.3) is 0 Å². The van der Waals surface area contributed by atoms with E-state index < -0.39 is 0 Å². The topological polar surface area (TPSA) is 12.4 Å². The first-order valence-electron chi connectivity index (χ1n) is 6.84. The average molecular weight is 286 g/mol. The molecule has 0 aliphatic carbocycles. The molecule has 20 heavy (non-hydrogen) atoms. The van der Waals surface area contributed by atoms with E-state index in [9.17, 15) is 0 Å². The lowest BCUT2D eigenvalue weighted by atomic mass is 10.0. The minimum absolute atomic E-state index is 0.0591. The summed E-state index contributed by atoms with van der Waals surface area (Å²) in [7, 11) is 0. The molecule has 0 amide bonds. The predicted molar refractivity (Wildman–Crippen MR) is 88.1 cm³/mol. The van der Waals surface area contributed by atoms with Crippen molar-refractivity contribution in [3.8, 4) is 0 Å². The van der Waals surface area contributed by atoms with Crippen molar-refractivity contribution in [3.05, 3.63) is 69.2 Å². The number of benzene rings is 2. The van der Waals surface area contributed by atoms with Crippen molar-refractivity contribution in [1.29, 1.82) is 0 Å². The second-order valence-corrected chi connectivity index (χ2v) is 5.70. The maximum Gasteiger partial charge on any atom is 0.0735 e. The van der Waals surface area contributed by atoms with Crippen molar-refractivity contribution in [2.75, 3.05) is 0 Å². The molecule has 0 aliphatic heterocycles. The van der Waals surface area contributed by atoms with Crippen LogP contribution in [0.4, 0.5) is 0 Å². The zero-order valence-corrected chi connectivity index (χ0v) is 13.2. The summed E-state index contributed by atoms with van der Waals surface area (Å²) in [5.41, 5.74) is 6.08. The van der Waals surface area contributed by atoms with Crippen molar-refractivity contribution in [2.24, 2.45) is 4.99 Å². The molecule has 0 aromatic heterocycles. The van der Waals surface area contributed by atoms with Crippen LogP contribution in [-0.2, 0) is 0 Å². The van der Waals surface area contributed by atoms with Crippen LogP contribution < -0.4 is 0 Å². The SMILES string of the molecule is Cc1cc(C)c(C=NC(C)c2ccccc2Cl)c(C)c1. The van der Waals surface area contributed by atoms with Crippen molar-refractivity contribution in [2.45, 2.75) is 33.7 Å². The van der Waals surface area contributed by atoms with Gasteiger partial charge in [0, 0.05) is 11.2 Å². The van der Waals surface area contributed by atoms with Crippen molar-refractivity contribution in [1.82, 2.24) is 0 Å². The highest BCUT2D eigenvalue weighted by Gasteiger charge is 2.07. The molecule has 0 saturated heterocycles. The van der Waals surface area contributed by atoms with Crippen LogP contribution in [0.25, 0.3) is 0 Å². The third-order valence-corrected chi connectivity index (χ3v) is 3.86. The maximum atomic E-state index is 6.21. The van der Waals surface area contributed by atoms with Gasteiger partial charge in [-0.1, -0.05) is 47.5 Å². The fourth-order valence-corrected chi connectivity index (χ4v) is 2.77. The van der Waals surface area contributed by atoms with Crippen LogP contribution >= 0.6 is 11.6 Å². The molecule has 0 N–H and O–H groups in total. The first-order valence-corrected chi connectivity index (χ1v) is 7.22. The summed E-state index contributed by atoms with van der Waals surface area (Å²) in [5.74, 6) is 0. The maximum absolute atomic E-state index is 6.21. The molecule has 1 atom stereocenters. The summed E-state index contributed by atoms with van der Waals surface area (Å²) in [5, 5.41) is 0.773. The lowest BCUT2D eigenvalue weighted by Crippen LogP contribution is -1.96. The summed E-state index contributed by atoms with van der Waals surface area (Å²) in [6, 6.07) is 12.3. The number of aliphatic imine (C=N–C) groups is 1. The summed E-state index contributed by atoms with van der Waals surface area (Å²) in [6.07, 6.45) is 1.97. The van der Waals surface area contributed by atoms with E-state index >= 15 is 0 Å². The van der Waals surface area contributed by atoms with E-state index in [1.807, 2.05) is 30.5 Å². The van der Waals surface area contributed by atoms with Crippen LogP contribution in [0.5, 0.6) is 0 Å². The molecular weight excluding hydrogens is 266 g/mol. The molecule has 104 valence electrons. The number of rotatable bonds is 3. The Bertz CT molecular complexity index is 621.